The maximum absolute atomic E-state index is 5.51. The van der Waals surface area contributed by atoms with E-state index in [-0.39, 0.29) is 12.3 Å². The van der Waals surface area contributed by atoms with Gasteiger partial charge in [-0.1, -0.05) is 5.57 Å². The van der Waals surface area contributed by atoms with Crippen molar-refractivity contribution in [1.29, 1.82) is 0 Å². The van der Waals surface area contributed by atoms with Crippen LogP contribution in [0.5, 0.6) is 0 Å². The maximum atomic E-state index is 5.51. The summed E-state index contributed by atoms with van der Waals surface area (Å²) in [5, 5.41) is 3.19. The van der Waals surface area contributed by atoms with Gasteiger partial charge in [-0.15, -0.1) is 6.58 Å². The van der Waals surface area contributed by atoms with E-state index >= 15 is 0 Å². The minimum Gasteiger partial charge on any atom is -0.351 e. The van der Waals surface area contributed by atoms with Crippen molar-refractivity contribution in [3.63, 3.8) is 0 Å². The molecule has 0 bridgehead atoms. The maximum Gasteiger partial charge on any atom is 0.172 e. The fourth-order valence-corrected chi connectivity index (χ4v) is 1.32. The molecule has 1 atom stereocenters. The van der Waals surface area contributed by atoms with Gasteiger partial charge >= 0.3 is 0 Å². The van der Waals surface area contributed by atoms with Crippen molar-refractivity contribution in [3.8, 4) is 0 Å². The van der Waals surface area contributed by atoms with Crippen LogP contribution in [0.15, 0.2) is 12.2 Å². The van der Waals surface area contributed by atoms with Crippen molar-refractivity contribution >= 4 is 0 Å². The topological polar surface area (TPSA) is 30.5 Å². The normalized spacial score (nSPS) is 13.2. The van der Waals surface area contributed by atoms with Gasteiger partial charge in [0.05, 0.1) is 6.04 Å². The molecule has 0 rings (SSSR count). The zero-order valence-corrected chi connectivity index (χ0v) is 9.80. The van der Waals surface area contributed by atoms with Crippen LogP contribution in [0.25, 0.3) is 0 Å². The van der Waals surface area contributed by atoms with Crippen molar-refractivity contribution in [1.82, 2.24) is 5.32 Å². The van der Waals surface area contributed by atoms with Crippen LogP contribution in [0.2, 0.25) is 0 Å². The lowest BCUT2D eigenvalue weighted by atomic mass is 10.1. The molecule has 0 aliphatic heterocycles. The highest BCUT2D eigenvalue weighted by Gasteiger charge is 2.20. The molecule has 0 aliphatic rings. The van der Waals surface area contributed by atoms with Crippen LogP contribution in [0.1, 0.15) is 27.2 Å². The summed E-state index contributed by atoms with van der Waals surface area (Å²) in [6.07, 6.45) is 0.702. The zero-order valence-electron chi connectivity index (χ0n) is 9.80. The van der Waals surface area contributed by atoms with Crippen LogP contribution in [0, 0.1) is 0 Å². The molecule has 0 saturated heterocycles. The fraction of sp³-hybridized carbons (Fsp3) is 0.818. The average molecular weight is 201 g/mol. The third-order valence-corrected chi connectivity index (χ3v) is 1.93. The summed E-state index contributed by atoms with van der Waals surface area (Å²) in [5.41, 5.74) is 1.13. The summed E-state index contributed by atoms with van der Waals surface area (Å²) in [5.74, 6) is 0. The second-order valence-corrected chi connectivity index (χ2v) is 3.34. The van der Waals surface area contributed by atoms with Gasteiger partial charge in [0.1, 0.15) is 0 Å². The first kappa shape index (κ1) is 13.6. The number of hydrogen-bond donors (Lipinski definition) is 1. The molecule has 0 spiro atoms. The number of ether oxygens (including phenoxy) is 2. The van der Waals surface area contributed by atoms with Gasteiger partial charge in [0.2, 0.25) is 0 Å². The number of likely N-dealkylation sites (N-methyl/N-ethyl adjacent to an activating group) is 1. The van der Waals surface area contributed by atoms with Gasteiger partial charge in [-0.3, -0.25) is 0 Å². The average Bonchev–Trinajstić information content (AvgIpc) is 2.13. The fourth-order valence-electron chi connectivity index (χ4n) is 1.32. The smallest absolute Gasteiger partial charge is 0.172 e. The van der Waals surface area contributed by atoms with Gasteiger partial charge in [-0.05, 0) is 34.2 Å². The summed E-state index contributed by atoms with van der Waals surface area (Å²) in [6.45, 7) is 11.2. The van der Waals surface area contributed by atoms with E-state index in [1.807, 2.05) is 27.8 Å². The third-order valence-electron chi connectivity index (χ3n) is 1.93. The van der Waals surface area contributed by atoms with Crippen LogP contribution in [-0.2, 0) is 9.47 Å². The SMILES string of the molecule is C=C(C)CC(NC)C(OCC)OCC. The molecule has 1 unspecified atom stereocenters. The Balaban J connectivity index is 4.16. The van der Waals surface area contributed by atoms with E-state index in [9.17, 15) is 0 Å². The first-order valence-electron chi connectivity index (χ1n) is 5.20. The summed E-state index contributed by atoms with van der Waals surface area (Å²) in [4.78, 5) is 0. The lowest BCUT2D eigenvalue weighted by Gasteiger charge is -2.26. The quantitative estimate of drug-likeness (QED) is 0.481. The molecule has 14 heavy (non-hydrogen) atoms. The molecule has 0 aromatic rings. The molecule has 0 saturated carbocycles. The van der Waals surface area contributed by atoms with Crippen LogP contribution < -0.4 is 5.32 Å². The molecule has 0 aromatic carbocycles. The predicted octanol–water partition coefficient (Wildman–Crippen LogP) is 1.94. The minimum absolute atomic E-state index is 0.174. The Labute approximate surface area is 87.5 Å². The van der Waals surface area contributed by atoms with Crippen molar-refractivity contribution in [3.05, 3.63) is 12.2 Å². The number of hydrogen-bond acceptors (Lipinski definition) is 3. The molecule has 0 heterocycles. The van der Waals surface area contributed by atoms with Gasteiger partial charge in [0, 0.05) is 13.2 Å². The minimum atomic E-state index is -0.174. The van der Waals surface area contributed by atoms with E-state index in [0.29, 0.717) is 13.2 Å². The summed E-state index contributed by atoms with van der Waals surface area (Å²) in [6, 6.07) is 0.187. The summed E-state index contributed by atoms with van der Waals surface area (Å²) < 4.78 is 11.0. The van der Waals surface area contributed by atoms with Crippen molar-refractivity contribution in [2.24, 2.45) is 0 Å². The highest BCUT2D eigenvalue weighted by Crippen LogP contribution is 2.10. The molecule has 0 radical (unpaired) electrons. The first-order valence-corrected chi connectivity index (χ1v) is 5.20. The lowest BCUT2D eigenvalue weighted by molar-refractivity contribution is -0.152. The Morgan fingerprint density at radius 2 is 1.79 bits per heavy atom. The molecule has 3 nitrogen and oxygen atoms in total. The molecule has 0 amide bonds. The van der Waals surface area contributed by atoms with Crippen LogP contribution in [-0.4, -0.2) is 32.6 Å². The van der Waals surface area contributed by atoms with Crippen molar-refractivity contribution in [2.75, 3.05) is 20.3 Å². The molecule has 1 N–H and O–H groups in total. The van der Waals surface area contributed by atoms with Crippen LogP contribution in [0.4, 0.5) is 0 Å². The second-order valence-electron chi connectivity index (χ2n) is 3.34. The van der Waals surface area contributed by atoms with Gasteiger partial charge in [0.25, 0.3) is 0 Å². The standard InChI is InChI=1S/C11H23NO2/c1-6-13-11(14-7-2)10(12-5)8-9(3)4/h10-12H,3,6-8H2,1-2,4-5H3. The summed E-state index contributed by atoms with van der Waals surface area (Å²) in [7, 11) is 1.92. The predicted molar refractivity (Wildman–Crippen MR) is 59.3 cm³/mol. The van der Waals surface area contributed by atoms with E-state index in [2.05, 4.69) is 11.9 Å². The zero-order chi connectivity index (χ0) is 11.0. The van der Waals surface area contributed by atoms with Crippen LogP contribution in [0.3, 0.4) is 0 Å². The molecule has 0 fully saturated rings. The van der Waals surface area contributed by atoms with E-state index in [1.54, 1.807) is 0 Å². The molecular weight excluding hydrogens is 178 g/mol. The van der Waals surface area contributed by atoms with Gasteiger partial charge < -0.3 is 14.8 Å². The van der Waals surface area contributed by atoms with Gasteiger partial charge in [-0.2, -0.15) is 0 Å². The Morgan fingerprint density at radius 3 is 2.07 bits per heavy atom. The molecule has 0 aliphatic carbocycles. The van der Waals surface area contributed by atoms with E-state index < -0.39 is 0 Å². The molecule has 84 valence electrons. The monoisotopic (exact) mass is 201 g/mol. The highest BCUT2D eigenvalue weighted by molar-refractivity contribution is 4.93. The molecule has 0 aromatic heterocycles. The Kier molecular flexibility index (Phi) is 7.76. The van der Waals surface area contributed by atoms with Gasteiger partial charge in [-0.25, -0.2) is 0 Å². The third kappa shape index (κ3) is 5.37. The summed E-state index contributed by atoms with van der Waals surface area (Å²) >= 11 is 0. The van der Waals surface area contributed by atoms with E-state index in [0.717, 1.165) is 12.0 Å². The largest absolute Gasteiger partial charge is 0.351 e. The Hall–Kier alpha value is -0.380. The number of nitrogens with one attached hydrogen (secondary N) is 1. The van der Waals surface area contributed by atoms with E-state index in [4.69, 9.17) is 9.47 Å². The highest BCUT2D eigenvalue weighted by atomic mass is 16.7. The van der Waals surface area contributed by atoms with Crippen LogP contribution >= 0.6 is 0 Å². The lowest BCUT2D eigenvalue weighted by Crippen LogP contribution is -2.41. The van der Waals surface area contributed by atoms with E-state index in [1.165, 1.54) is 0 Å². The van der Waals surface area contributed by atoms with Gasteiger partial charge in [0.15, 0.2) is 6.29 Å². The number of rotatable bonds is 8. The second kappa shape index (κ2) is 7.97. The first-order chi connectivity index (χ1) is 6.65. The van der Waals surface area contributed by atoms with Crippen molar-refractivity contribution < 1.29 is 9.47 Å². The molecular formula is C11H23NO2. The molecule has 3 heteroatoms. The van der Waals surface area contributed by atoms with Crippen molar-refractivity contribution in [2.45, 2.75) is 39.5 Å². The Bertz CT molecular complexity index is 153. The Morgan fingerprint density at radius 1 is 1.29 bits per heavy atom.